The first kappa shape index (κ1) is 13.0. The van der Waals surface area contributed by atoms with Crippen molar-refractivity contribution in [2.24, 2.45) is 0 Å². The Balaban J connectivity index is 2.37. The first-order chi connectivity index (χ1) is 8.41. The molecule has 0 unspecified atom stereocenters. The molecule has 0 bridgehead atoms. The second-order valence-corrected chi connectivity index (χ2v) is 4.27. The Labute approximate surface area is 102 Å². The fraction of sp³-hybridized carbons (Fsp3) is 0.600. The molecule has 0 spiro atoms. The molecule has 1 saturated heterocycles. The third kappa shape index (κ3) is 2.10. The van der Waals surface area contributed by atoms with Crippen LogP contribution in [0.5, 0.6) is 0 Å². The van der Waals surface area contributed by atoms with Gasteiger partial charge >= 0.3 is 5.69 Å². The maximum absolute atomic E-state index is 11.7. The van der Waals surface area contributed by atoms with Crippen LogP contribution in [0, 0.1) is 6.92 Å². The second-order valence-electron chi connectivity index (χ2n) is 4.27. The third-order valence-electron chi connectivity index (χ3n) is 2.92. The summed E-state index contributed by atoms with van der Waals surface area (Å²) in [6.07, 6.45) is -3.69. The molecule has 1 aromatic heterocycles. The largest absolute Gasteiger partial charge is 0.388 e. The van der Waals surface area contributed by atoms with Crippen molar-refractivity contribution in [1.82, 2.24) is 9.55 Å². The lowest BCUT2D eigenvalue weighted by molar-refractivity contribution is -0.212. The molecule has 0 radical (unpaired) electrons. The molecule has 4 atom stereocenters. The zero-order chi connectivity index (χ0) is 13.4. The van der Waals surface area contributed by atoms with Gasteiger partial charge in [-0.3, -0.25) is 4.57 Å². The molecule has 8 nitrogen and oxygen atoms in total. The van der Waals surface area contributed by atoms with Gasteiger partial charge in [-0.2, -0.15) is 4.98 Å². The molecule has 0 amide bonds. The fourth-order valence-corrected chi connectivity index (χ4v) is 1.80. The minimum atomic E-state index is -1.42. The Morgan fingerprint density at radius 2 is 2.11 bits per heavy atom. The van der Waals surface area contributed by atoms with Gasteiger partial charge in [0.2, 0.25) is 0 Å². The molecule has 2 heterocycles. The number of rotatable bonds is 1. The molecule has 100 valence electrons. The van der Waals surface area contributed by atoms with E-state index >= 15 is 0 Å². The van der Waals surface area contributed by atoms with Gasteiger partial charge < -0.3 is 25.8 Å². The third-order valence-corrected chi connectivity index (χ3v) is 2.92. The molecule has 2 rings (SSSR count). The number of aliphatic hydroxyl groups excluding tert-OH is 3. The maximum atomic E-state index is 11.7. The summed E-state index contributed by atoms with van der Waals surface area (Å²) in [4.78, 5) is 15.2. The van der Waals surface area contributed by atoms with Crippen LogP contribution in [0.1, 0.15) is 11.8 Å². The quantitative estimate of drug-likeness (QED) is 0.446. The number of nitrogens with two attached hydrogens (primary N) is 1. The summed E-state index contributed by atoms with van der Waals surface area (Å²) in [5.41, 5.74) is 5.34. The van der Waals surface area contributed by atoms with E-state index in [1.54, 1.807) is 6.92 Å². The number of nitrogen functional groups attached to an aromatic ring is 1. The smallest absolute Gasteiger partial charge is 0.351 e. The van der Waals surface area contributed by atoms with Crippen LogP contribution in [-0.4, -0.2) is 49.8 Å². The zero-order valence-corrected chi connectivity index (χ0v) is 9.72. The lowest BCUT2D eigenvalue weighted by Gasteiger charge is -2.35. The zero-order valence-electron chi connectivity index (χ0n) is 9.72. The molecule has 0 saturated carbocycles. The lowest BCUT2D eigenvalue weighted by atomic mass is 10.0. The van der Waals surface area contributed by atoms with E-state index in [1.807, 2.05) is 0 Å². The summed E-state index contributed by atoms with van der Waals surface area (Å²) in [5.74, 6) is 0.0992. The normalized spacial score (nSPS) is 32.4. The van der Waals surface area contributed by atoms with Crippen LogP contribution in [0.4, 0.5) is 5.82 Å². The highest BCUT2D eigenvalue weighted by Gasteiger charge is 2.39. The Morgan fingerprint density at radius 1 is 1.44 bits per heavy atom. The Kier molecular flexibility index (Phi) is 3.35. The molecule has 1 aliphatic rings. The van der Waals surface area contributed by atoms with Gasteiger partial charge in [0.1, 0.15) is 24.1 Å². The highest BCUT2D eigenvalue weighted by Crippen LogP contribution is 2.23. The number of nitrogens with zero attached hydrogens (tertiary/aromatic N) is 2. The van der Waals surface area contributed by atoms with Crippen LogP contribution in [-0.2, 0) is 4.74 Å². The van der Waals surface area contributed by atoms with Crippen LogP contribution in [0.3, 0.4) is 0 Å². The highest BCUT2D eigenvalue weighted by atomic mass is 16.5. The van der Waals surface area contributed by atoms with Crippen LogP contribution >= 0.6 is 0 Å². The van der Waals surface area contributed by atoms with Crippen molar-refractivity contribution < 1.29 is 20.1 Å². The summed E-state index contributed by atoms with van der Waals surface area (Å²) in [6, 6.07) is 0. The average Bonchev–Trinajstić information content (AvgIpc) is 2.32. The number of hydrogen-bond donors (Lipinski definition) is 4. The van der Waals surface area contributed by atoms with Crippen LogP contribution in [0.2, 0.25) is 0 Å². The number of anilines is 1. The first-order valence-corrected chi connectivity index (χ1v) is 5.43. The minimum absolute atomic E-state index is 0.0992. The van der Waals surface area contributed by atoms with Crippen LogP contribution in [0.15, 0.2) is 11.0 Å². The Morgan fingerprint density at radius 3 is 2.78 bits per heavy atom. The van der Waals surface area contributed by atoms with Gasteiger partial charge in [-0.1, -0.05) is 0 Å². The molecule has 8 heteroatoms. The maximum Gasteiger partial charge on any atom is 0.351 e. The topological polar surface area (TPSA) is 131 Å². The van der Waals surface area contributed by atoms with Crippen molar-refractivity contribution in [2.45, 2.75) is 31.5 Å². The van der Waals surface area contributed by atoms with E-state index in [9.17, 15) is 20.1 Å². The van der Waals surface area contributed by atoms with Crippen molar-refractivity contribution >= 4 is 5.82 Å². The van der Waals surface area contributed by atoms with E-state index in [-0.39, 0.29) is 12.4 Å². The van der Waals surface area contributed by atoms with Gasteiger partial charge in [0.05, 0.1) is 6.61 Å². The predicted molar refractivity (Wildman–Crippen MR) is 60.7 cm³/mol. The van der Waals surface area contributed by atoms with Crippen LogP contribution < -0.4 is 11.4 Å². The van der Waals surface area contributed by atoms with Crippen molar-refractivity contribution in [2.75, 3.05) is 12.3 Å². The van der Waals surface area contributed by atoms with Gasteiger partial charge in [-0.15, -0.1) is 0 Å². The summed E-state index contributed by atoms with van der Waals surface area (Å²) < 4.78 is 6.20. The molecule has 18 heavy (non-hydrogen) atoms. The molecular weight excluding hydrogens is 242 g/mol. The standard InChI is InChI=1S/C10H15N3O5/c1-4-2-13(10(17)12-8(4)11)9-7(16)6(15)5(14)3-18-9/h2,5-7,9,14-16H,3H2,1H3,(H2,11,12,17)/t5-,6-,7+,9-/m0/s1. The predicted octanol–water partition coefficient (Wildman–Crippen LogP) is -2.25. The fourth-order valence-electron chi connectivity index (χ4n) is 1.80. The van der Waals surface area contributed by atoms with Crippen LogP contribution in [0.25, 0.3) is 0 Å². The molecule has 1 aliphatic heterocycles. The molecule has 5 N–H and O–H groups in total. The number of aromatic nitrogens is 2. The SMILES string of the molecule is Cc1cn([C@H]2OC[C@H](O)[C@H](O)[C@H]2O)c(=O)nc1N. The molecular formula is C10H15N3O5. The first-order valence-electron chi connectivity index (χ1n) is 5.43. The van der Waals surface area contributed by atoms with E-state index in [1.165, 1.54) is 6.20 Å². The number of aliphatic hydroxyl groups is 3. The summed E-state index contributed by atoms with van der Waals surface area (Å²) in [6.45, 7) is 1.47. The second kappa shape index (κ2) is 4.65. The Bertz CT molecular complexity index is 503. The van der Waals surface area contributed by atoms with Crippen molar-refractivity contribution in [3.8, 4) is 0 Å². The van der Waals surface area contributed by atoms with E-state index in [0.29, 0.717) is 5.56 Å². The van der Waals surface area contributed by atoms with Crippen molar-refractivity contribution in [3.63, 3.8) is 0 Å². The molecule has 1 fully saturated rings. The summed E-state index contributed by atoms with van der Waals surface area (Å²) >= 11 is 0. The van der Waals surface area contributed by atoms with E-state index in [0.717, 1.165) is 4.57 Å². The summed E-state index contributed by atoms with van der Waals surface area (Å²) in [7, 11) is 0. The van der Waals surface area contributed by atoms with Crippen molar-refractivity contribution in [3.05, 3.63) is 22.2 Å². The summed E-state index contributed by atoms with van der Waals surface area (Å²) in [5, 5.41) is 28.7. The average molecular weight is 257 g/mol. The molecule has 1 aromatic rings. The number of aryl methyl sites for hydroxylation is 1. The number of ether oxygens (including phenoxy) is 1. The highest BCUT2D eigenvalue weighted by molar-refractivity contribution is 5.35. The Hall–Kier alpha value is -1.48. The molecule has 0 aliphatic carbocycles. The van der Waals surface area contributed by atoms with Gasteiger partial charge in [0, 0.05) is 11.8 Å². The van der Waals surface area contributed by atoms with E-state index in [2.05, 4.69) is 4.98 Å². The van der Waals surface area contributed by atoms with E-state index < -0.39 is 30.2 Å². The van der Waals surface area contributed by atoms with Gasteiger partial charge in [-0.05, 0) is 6.92 Å². The molecule has 0 aromatic carbocycles. The van der Waals surface area contributed by atoms with Gasteiger partial charge in [0.25, 0.3) is 0 Å². The van der Waals surface area contributed by atoms with Crippen molar-refractivity contribution in [1.29, 1.82) is 0 Å². The van der Waals surface area contributed by atoms with Gasteiger partial charge in [0.15, 0.2) is 6.23 Å². The van der Waals surface area contributed by atoms with Gasteiger partial charge in [-0.25, -0.2) is 4.79 Å². The number of hydrogen-bond acceptors (Lipinski definition) is 7. The minimum Gasteiger partial charge on any atom is -0.388 e. The van der Waals surface area contributed by atoms with E-state index in [4.69, 9.17) is 10.5 Å². The lowest BCUT2D eigenvalue weighted by Crippen LogP contribution is -2.52. The monoisotopic (exact) mass is 257 g/mol.